The van der Waals surface area contributed by atoms with Gasteiger partial charge >= 0.3 is 12.0 Å². The van der Waals surface area contributed by atoms with E-state index in [4.69, 9.17) is 5.11 Å². The minimum Gasteiger partial charge on any atom is -0.506 e. The van der Waals surface area contributed by atoms with E-state index in [1.54, 1.807) is 0 Å². The van der Waals surface area contributed by atoms with Gasteiger partial charge in [-0.1, -0.05) is 0 Å². The highest BCUT2D eigenvalue weighted by Gasteiger charge is 2.30. The molecule has 0 spiro atoms. The molecule has 110 valence electrons. The molecule has 9 nitrogen and oxygen atoms in total. The number of carboxylic acids is 1. The van der Waals surface area contributed by atoms with Crippen LogP contribution in [0, 0.1) is 0 Å². The summed E-state index contributed by atoms with van der Waals surface area (Å²) in [5.74, 6) is -2.83. The molecule has 4 N–H and O–H groups in total. The molecule has 4 amide bonds. The van der Waals surface area contributed by atoms with Crippen LogP contribution in [0.5, 0.6) is 5.75 Å². The van der Waals surface area contributed by atoms with Gasteiger partial charge in [-0.05, 0) is 18.2 Å². The van der Waals surface area contributed by atoms with Gasteiger partial charge in [0.1, 0.15) is 12.3 Å². The molecule has 0 aliphatic carbocycles. The first-order valence-electron chi connectivity index (χ1n) is 5.83. The van der Waals surface area contributed by atoms with Gasteiger partial charge in [0.2, 0.25) is 5.91 Å². The number of hydrogen-bond acceptors (Lipinski definition) is 5. The van der Waals surface area contributed by atoms with Crippen molar-refractivity contribution in [3.05, 3.63) is 23.8 Å². The second-order valence-corrected chi connectivity index (χ2v) is 4.22. The minimum atomic E-state index is -1.22. The second-order valence-electron chi connectivity index (χ2n) is 4.22. The van der Waals surface area contributed by atoms with Crippen LogP contribution in [0.1, 0.15) is 10.4 Å². The van der Waals surface area contributed by atoms with E-state index in [0.29, 0.717) is 4.90 Å². The number of phenolic OH excluding ortho intramolecular Hbond substituents is 1. The molecule has 0 saturated carbocycles. The Labute approximate surface area is 118 Å². The average Bonchev–Trinajstić information content (AvgIpc) is 2.73. The molecule has 21 heavy (non-hydrogen) atoms. The standard InChI is InChI=1S/C12H11N3O6/c16-8-2-1-6(11(19)20)3-7(8)14-9(17)5-15-10(18)4-13-12(15)21/h1-3,16H,4-5H2,(H,13,21)(H,14,17)(H,19,20). The van der Waals surface area contributed by atoms with E-state index in [1.807, 2.05) is 0 Å². The number of phenols is 1. The van der Waals surface area contributed by atoms with E-state index in [-0.39, 0.29) is 23.5 Å². The summed E-state index contributed by atoms with van der Waals surface area (Å²) < 4.78 is 0. The Balaban J connectivity index is 2.09. The highest BCUT2D eigenvalue weighted by molar-refractivity contribution is 6.06. The molecule has 0 aromatic heterocycles. The highest BCUT2D eigenvalue weighted by atomic mass is 16.4. The van der Waals surface area contributed by atoms with Crippen molar-refractivity contribution in [1.29, 1.82) is 0 Å². The van der Waals surface area contributed by atoms with Crippen molar-refractivity contribution >= 4 is 29.5 Å². The maximum absolute atomic E-state index is 11.7. The molecule has 0 radical (unpaired) electrons. The van der Waals surface area contributed by atoms with Gasteiger partial charge in [0, 0.05) is 0 Å². The molecule has 0 atom stereocenters. The van der Waals surface area contributed by atoms with Crippen molar-refractivity contribution in [3.63, 3.8) is 0 Å². The monoisotopic (exact) mass is 293 g/mol. The smallest absolute Gasteiger partial charge is 0.335 e. The molecule has 1 fully saturated rings. The molecule has 0 bridgehead atoms. The number of carboxylic acid groups (broad SMARTS) is 1. The van der Waals surface area contributed by atoms with Crippen LogP contribution in [0.15, 0.2) is 18.2 Å². The number of carbonyl (C=O) groups excluding carboxylic acids is 3. The Bertz CT molecular complexity index is 626. The number of aromatic carboxylic acids is 1. The topological polar surface area (TPSA) is 136 Å². The molecule has 2 rings (SSSR count). The third-order valence-corrected chi connectivity index (χ3v) is 2.76. The first-order valence-corrected chi connectivity index (χ1v) is 5.83. The van der Waals surface area contributed by atoms with Crippen molar-refractivity contribution in [2.45, 2.75) is 0 Å². The molecule has 1 aromatic rings. The fourth-order valence-electron chi connectivity index (χ4n) is 1.72. The normalized spacial score (nSPS) is 14.0. The van der Waals surface area contributed by atoms with Crippen LogP contribution in [0.25, 0.3) is 0 Å². The quantitative estimate of drug-likeness (QED) is 0.439. The molecule has 0 unspecified atom stereocenters. The van der Waals surface area contributed by atoms with Crippen LogP contribution in [0.2, 0.25) is 0 Å². The first-order chi connectivity index (χ1) is 9.88. The zero-order valence-electron chi connectivity index (χ0n) is 10.6. The van der Waals surface area contributed by atoms with Crippen LogP contribution in [-0.2, 0) is 9.59 Å². The summed E-state index contributed by atoms with van der Waals surface area (Å²) in [6, 6.07) is 2.68. The van der Waals surface area contributed by atoms with Crippen LogP contribution < -0.4 is 10.6 Å². The molecule has 9 heteroatoms. The number of nitrogens with one attached hydrogen (secondary N) is 2. The highest BCUT2D eigenvalue weighted by Crippen LogP contribution is 2.24. The molecule has 1 saturated heterocycles. The van der Waals surface area contributed by atoms with Crippen LogP contribution >= 0.6 is 0 Å². The Kier molecular flexibility index (Phi) is 3.74. The van der Waals surface area contributed by atoms with Gasteiger partial charge in [0.25, 0.3) is 5.91 Å². The molecule has 1 aliphatic heterocycles. The largest absolute Gasteiger partial charge is 0.506 e. The Morgan fingerprint density at radius 3 is 2.62 bits per heavy atom. The first kappa shape index (κ1) is 14.3. The third-order valence-electron chi connectivity index (χ3n) is 2.76. The lowest BCUT2D eigenvalue weighted by Crippen LogP contribution is -2.38. The Morgan fingerprint density at radius 2 is 2.05 bits per heavy atom. The zero-order chi connectivity index (χ0) is 15.6. The predicted molar refractivity (Wildman–Crippen MR) is 68.8 cm³/mol. The molecule has 1 heterocycles. The van der Waals surface area contributed by atoms with Crippen molar-refractivity contribution in [1.82, 2.24) is 10.2 Å². The van der Waals surface area contributed by atoms with Gasteiger partial charge < -0.3 is 20.8 Å². The lowest BCUT2D eigenvalue weighted by atomic mass is 10.2. The van der Waals surface area contributed by atoms with Gasteiger partial charge in [-0.3, -0.25) is 14.5 Å². The number of aromatic hydroxyl groups is 1. The summed E-state index contributed by atoms with van der Waals surface area (Å²) >= 11 is 0. The summed E-state index contributed by atoms with van der Waals surface area (Å²) in [4.78, 5) is 45.9. The number of hydrogen-bond donors (Lipinski definition) is 4. The maximum atomic E-state index is 11.7. The van der Waals surface area contributed by atoms with Gasteiger partial charge in [-0.15, -0.1) is 0 Å². The number of rotatable bonds is 4. The van der Waals surface area contributed by atoms with E-state index < -0.39 is 30.4 Å². The van der Waals surface area contributed by atoms with Crippen molar-refractivity contribution < 1.29 is 29.4 Å². The summed E-state index contributed by atoms with van der Waals surface area (Å²) in [6.45, 7) is -0.701. The number of urea groups is 1. The number of benzene rings is 1. The summed E-state index contributed by atoms with van der Waals surface area (Å²) in [5.41, 5.74) is -0.245. The van der Waals surface area contributed by atoms with Crippen molar-refractivity contribution in [2.75, 3.05) is 18.4 Å². The zero-order valence-corrected chi connectivity index (χ0v) is 10.6. The fraction of sp³-hybridized carbons (Fsp3) is 0.167. The second kappa shape index (κ2) is 5.49. The lowest BCUT2D eigenvalue weighted by molar-refractivity contribution is -0.128. The van der Waals surface area contributed by atoms with Gasteiger partial charge in [-0.25, -0.2) is 9.59 Å². The number of nitrogens with zero attached hydrogens (tertiary/aromatic N) is 1. The molecule has 1 aliphatic rings. The van der Waals surface area contributed by atoms with E-state index in [9.17, 15) is 24.3 Å². The Hall–Kier alpha value is -3.10. The van der Waals surface area contributed by atoms with Crippen LogP contribution in [0.4, 0.5) is 10.5 Å². The van der Waals surface area contributed by atoms with E-state index in [2.05, 4.69) is 10.6 Å². The summed E-state index contributed by atoms with van der Waals surface area (Å²) in [6.07, 6.45) is 0. The number of anilines is 1. The number of carbonyl (C=O) groups is 4. The van der Waals surface area contributed by atoms with E-state index in [0.717, 1.165) is 12.1 Å². The van der Waals surface area contributed by atoms with Gasteiger partial charge in [-0.2, -0.15) is 0 Å². The average molecular weight is 293 g/mol. The predicted octanol–water partition coefficient (Wildman–Crippen LogP) is -0.419. The fourth-order valence-corrected chi connectivity index (χ4v) is 1.72. The third kappa shape index (κ3) is 3.08. The Morgan fingerprint density at radius 1 is 1.33 bits per heavy atom. The van der Waals surface area contributed by atoms with E-state index >= 15 is 0 Å². The van der Waals surface area contributed by atoms with Crippen molar-refractivity contribution in [2.24, 2.45) is 0 Å². The van der Waals surface area contributed by atoms with Gasteiger partial charge in [0.05, 0.1) is 17.8 Å². The lowest BCUT2D eigenvalue weighted by Gasteiger charge is -2.13. The van der Waals surface area contributed by atoms with E-state index in [1.165, 1.54) is 6.07 Å². The summed E-state index contributed by atoms with van der Waals surface area (Å²) in [7, 11) is 0. The van der Waals surface area contributed by atoms with Gasteiger partial charge in [0.15, 0.2) is 0 Å². The minimum absolute atomic E-state index is 0.119. The van der Waals surface area contributed by atoms with Crippen LogP contribution in [0.3, 0.4) is 0 Å². The van der Waals surface area contributed by atoms with Crippen molar-refractivity contribution in [3.8, 4) is 5.75 Å². The SMILES string of the molecule is O=C(CN1C(=O)CNC1=O)Nc1cc(C(=O)O)ccc1O. The summed E-state index contributed by atoms with van der Waals surface area (Å²) in [5, 5.41) is 22.9. The van der Waals surface area contributed by atoms with Crippen LogP contribution in [-0.4, -0.2) is 52.0 Å². The molecule has 1 aromatic carbocycles. The molecular weight excluding hydrogens is 282 g/mol. The number of imide groups is 1. The number of amides is 4. The maximum Gasteiger partial charge on any atom is 0.335 e. The molecular formula is C12H11N3O6.